The van der Waals surface area contributed by atoms with Crippen molar-refractivity contribution in [2.75, 3.05) is 16.8 Å². The summed E-state index contributed by atoms with van der Waals surface area (Å²) in [6.07, 6.45) is 1.01. The van der Waals surface area contributed by atoms with Crippen molar-refractivity contribution >= 4 is 23.3 Å². The second-order valence-electron chi connectivity index (χ2n) is 6.31. The van der Waals surface area contributed by atoms with Crippen molar-refractivity contribution in [2.45, 2.75) is 33.3 Å². The third-order valence-electron chi connectivity index (χ3n) is 3.04. The van der Waals surface area contributed by atoms with E-state index in [0.717, 1.165) is 5.56 Å². The zero-order valence-corrected chi connectivity index (χ0v) is 14.2. The molecule has 0 aliphatic carbocycles. The third kappa shape index (κ3) is 4.52. The van der Waals surface area contributed by atoms with Crippen LogP contribution in [0.3, 0.4) is 0 Å². The Balaban J connectivity index is 2.12. The Kier molecular flexibility index (Phi) is 4.82. The van der Waals surface area contributed by atoms with Gasteiger partial charge < -0.3 is 20.9 Å². The third-order valence-corrected chi connectivity index (χ3v) is 3.04. The average Bonchev–Trinajstić information content (AvgIpc) is 2.45. The van der Waals surface area contributed by atoms with E-state index in [-0.39, 0.29) is 11.5 Å². The molecule has 128 valence electrons. The molecule has 0 saturated heterocycles. The van der Waals surface area contributed by atoms with Crippen LogP contribution < -0.4 is 21.5 Å². The second-order valence-corrected chi connectivity index (χ2v) is 6.31. The first-order valence-electron chi connectivity index (χ1n) is 7.44. The molecule has 0 saturated carbocycles. The highest BCUT2D eigenvalue weighted by atomic mass is 16.6. The van der Waals surface area contributed by atoms with E-state index in [1.807, 2.05) is 6.92 Å². The molecule has 1 amide bonds. The number of benzene rings is 1. The number of nitrogens with zero attached hydrogens (tertiary/aromatic N) is 1. The quantitative estimate of drug-likeness (QED) is 0.791. The number of carbonyl (C=O) groups excluding carboxylic acids is 1. The van der Waals surface area contributed by atoms with Crippen LogP contribution in [0.1, 0.15) is 26.3 Å². The van der Waals surface area contributed by atoms with E-state index in [0.29, 0.717) is 17.2 Å². The number of amides is 1. The molecule has 0 aliphatic heterocycles. The molecule has 5 N–H and O–H groups in total. The van der Waals surface area contributed by atoms with Crippen molar-refractivity contribution in [3.63, 3.8) is 0 Å². The van der Waals surface area contributed by atoms with Crippen molar-refractivity contribution in [3.8, 4) is 11.5 Å². The van der Waals surface area contributed by atoms with Crippen molar-refractivity contribution in [2.24, 2.45) is 0 Å². The summed E-state index contributed by atoms with van der Waals surface area (Å²) in [5, 5.41) is 2.71. The molecule has 0 aliphatic rings. The zero-order chi connectivity index (χ0) is 17.9. The molecular formula is C17H22N4O3. The van der Waals surface area contributed by atoms with Crippen LogP contribution in [0.15, 0.2) is 30.5 Å². The Labute approximate surface area is 141 Å². The fraction of sp³-hybridized carbons (Fsp3) is 0.294. The fourth-order valence-corrected chi connectivity index (χ4v) is 1.94. The lowest BCUT2D eigenvalue weighted by atomic mass is 10.2. The molecule has 7 heteroatoms. The number of nitrogens with two attached hydrogens (primary N) is 2. The lowest BCUT2D eigenvalue weighted by Crippen LogP contribution is -2.27. The molecule has 2 rings (SSSR count). The Hall–Kier alpha value is -2.96. The highest BCUT2D eigenvalue weighted by molar-refractivity contribution is 5.86. The van der Waals surface area contributed by atoms with Gasteiger partial charge in [0.15, 0.2) is 5.75 Å². The number of anilines is 3. The minimum atomic E-state index is -0.556. The largest absolute Gasteiger partial charge is 0.455 e. The Morgan fingerprint density at radius 2 is 1.92 bits per heavy atom. The summed E-state index contributed by atoms with van der Waals surface area (Å²) >= 11 is 0. The van der Waals surface area contributed by atoms with Crippen LogP contribution in [-0.4, -0.2) is 16.7 Å². The molecule has 0 spiro atoms. The Bertz CT molecular complexity index is 754. The predicted molar refractivity (Wildman–Crippen MR) is 94.2 cm³/mol. The molecule has 24 heavy (non-hydrogen) atoms. The smallest absolute Gasteiger partial charge is 0.412 e. The maximum atomic E-state index is 11.8. The van der Waals surface area contributed by atoms with E-state index in [1.54, 1.807) is 45.0 Å². The van der Waals surface area contributed by atoms with Crippen LogP contribution in [0.2, 0.25) is 0 Å². The molecule has 0 unspecified atom stereocenters. The average molecular weight is 330 g/mol. The van der Waals surface area contributed by atoms with Gasteiger partial charge in [0.25, 0.3) is 0 Å². The van der Waals surface area contributed by atoms with Gasteiger partial charge >= 0.3 is 6.09 Å². The Morgan fingerprint density at radius 1 is 1.21 bits per heavy atom. The first-order valence-corrected chi connectivity index (χ1v) is 7.44. The van der Waals surface area contributed by atoms with Crippen LogP contribution in [-0.2, 0) is 4.74 Å². The highest BCUT2D eigenvalue weighted by Crippen LogP contribution is 2.31. The van der Waals surface area contributed by atoms with Crippen molar-refractivity contribution in [1.29, 1.82) is 0 Å². The number of aromatic nitrogens is 1. The molecule has 1 aromatic carbocycles. The molecule has 7 nitrogen and oxygen atoms in total. The summed E-state index contributed by atoms with van der Waals surface area (Å²) in [6, 6.07) is 6.86. The van der Waals surface area contributed by atoms with Gasteiger partial charge in [0.1, 0.15) is 22.9 Å². The van der Waals surface area contributed by atoms with Gasteiger partial charge in [-0.25, -0.2) is 9.78 Å². The van der Waals surface area contributed by atoms with Crippen LogP contribution >= 0.6 is 0 Å². The van der Waals surface area contributed by atoms with Gasteiger partial charge in [0.05, 0.1) is 0 Å². The normalized spacial score (nSPS) is 11.0. The van der Waals surface area contributed by atoms with Crippen LogP contribution in [0.25, 0.3) is 0 Å². The summed E-state index contributed by atoms with van der Waals surface area (Å²) in [5.41, 5.74) is 12.7. The predicted octanol–water partition coefficient (Wildman–Crippen LogP) is 3.69. The van der Waals surface area contributed by atoms with Gasteiger partial charge in [0, 0.05) is 18.0 Å². The number of rotatable bonds is 3. The van der Waals surface area contributed by atoms with E-state index in [1.165, 1.54) is 6.20 Å². The summed E-state index contributed by atoms with van der Waals surface area (Å²) in [6.45, 7) is 7.27. The van der Waals surface area contributed by atoms with E-state index in [9.17, 15) is 4.79 Å². The number of hydrogen-bond donors (Lipinski definition) is 3. The number of pyridine rings is 1. The second kappa shape index (κ2) is 6.66. The molecule has 2 aromatic rings. The monoisotopic (exact) mass is 330 g/mol. The first-order chi connectivity index (χ1) is 11.2. The highest BCUT2D eigenvalue weighted by Gasteiger charge is 2.17. The number of nitrogens with one attached hydrogen (secondary N) is 1. The lowest BCUT2D eigenvalue weighted by Gasteiger charge is -2.20. The molecule has 0 fully saturated rings. The van der Waals surface area contributed by atoms with Crippen LogP contribution in [0.5, 0.6) is 11.5 Å². The van der Waals surface area contributed by atoms with Crippen molar-refractivity contribution in [3.05, 3.63) is 36.0 Å². The summed E-state index contributed by atoms with van der Waals surface area (Å²) in [4.78, 5) is 15.7. The van der Waals surface area contributed by atoms with E-state index in [4.69, 9.17) is 20.9 Å². The minimum Gasteiger partial charge on any atom is -0.455 e. The zero-order valence-electron chi connectivity index (χ0n) is 14.2. The minimum absolute atomic E-state index is 0.215. The number of nitrogen functional groups attached to an aromatic ring is 2. The number of carbonyl (C=O) groups is 1. The van der Waals surface area contributed by atoms with Gasteiger partial charge in [-0.2, -0.15) is 0 Å². The summed E-state index contributed by atoms with van der Waals surface area (Å²) < 4.78 is 11.0. The standard InChI is InChI=1S/C17H22N4O3/c1-10-9-11(23-13-7-8-20-15(19)14(13)18)5-6-12(10)21-16(22)24-17(2,3)4/h5-9H,18H2,1-4H3,(H2,19,20)(H,21,22). The number of aryl methyl sites for hydroxylation is 1. The van der Waals surface area contributed by atoms with Crippen molar-refractivity contribution in [1.82, 2.24) is 4.98 Å². The van der Waals surface area contributed by atoms with E-state index in [2.05, 4.69) is 10.3 Å². The number of hydrogen-bond acceptors (Lipinski definition) is 6. The number of ether oxygens (including phenoxy) is 2. The fourth-order valence-electron chi connectivity index (χ4n) is 1.94. The van der Waals surface area contributed by atoms with Gasteiger partial charge in [-0.05, 0) is 51.5 Å². The van der Waals surface area contributed by atoms with E-state index < -0.39 is 11.7 Å². The van der Waals surface area contributed by atoms with Crippen LogP contribution in [0.4, 0.5) is 22.0 Å². The molecule has 0 bridgehead atoms. The van der Waals surface area contributed by atoms with E-state index >= 15 is 0 Å². The first kappa shape index (κ1) is 17.4. The van der Waals surface area contributed by atoms with Gasteiger partial charge in [-0.3, -0.25) is 5.32 Å². The molecule has 0 radical (unpaired) electrons. The lowest BCUT2D eigenvalue weighted by molar-refractivity contribution is 0.0636. The SMILES string of the molecule is Cc1cc(Oc2ccnc(N)c2N)ccc1NC(=O)OC(C)(C)C. The Morgan fingerprint density at radius 3 is 2.54 bits per heavy atom. The van der Waals surface area contributed by atoms with Gasteiger partial charge in [0.2, 0.25) is 0 Å². The molecule has 0 atom stereocenters. The molecule has 1 aromatic heterocycles. The van der Waals surface area contributed by atoms with Crippen molar-refractivity contribution < 1.29 is 14.3 Å². The van der Waals surface area contributed by atoms with Gasteiger partial charge in [-0.15, -0.1) is 0 Å². The molecular weight excluding hydrogens is 308 g/mol. The topological polar surface area (TPSA) is 112 Å². The van der Waals surface area contributed by atoms with Crippen LogP contribution in [0, 0.1) is 6.92 Å². The van der Waals surface area contributed by atoms with Gasteiger partial charge in [-0.1, -0.05) is 0 Å². The summed E-state index contributed by atoms with van der Waals surface area (Å²) in [7, 11) is 0. The molecule has 1 heterocycles. The maximum absolute atomic E-state index is 11.8. The maximum Gasteiger partial charge on any atom is 0.412 e. The summed E-state index contributed by atoms with van der Waals surface area (Å²) in [5.74, 6) is 1.21.